The Morgan fingerprint density at radius 2 is 1.50 bits per heavy atom. The van der Waals surface area contributed by atoms with Crippen molar-refractivity contribution in [2.45, 2.75) is 157 Å². The number of allylic oxidation sites excluding steroid dienone is 1. The number of hydrogen-bond acceptors (Lipinski definition) is 9. The van der Waals surface area contributed by atoms with E-state index in [-0.39, 0.29) is 35.2 Å². The number of carbonyl (C=O) groups is 1. The van der Waals surface area contributed by atoms with Crippen LogP contribution in [0.15, 0.2) is 11.6 Å². The molecule has 46 heavy (non-hydrogen) atoms. The highest BCUT2D eigenvalue weighted by Gasteiger charge is 2.71. The third-order valence-corrected chi connectivity index (χ3v) is 15.3. The fraction of sp³-hybridized carbons (Fsp3) is 0.919. The molecule has 5 fully saturated rings. The highest BCUT2D eigenvalue weighted by molar-refractivity contribution is 5.79. The van der Waals surface area contributed by atoms with E-state index in [0.717, 1.165) is 44.1 Å². The molecule has 6 rings (SSSR count). The van der Waals surface area contributed by atoms with Crippen molar-refractivity contribution in [3.63, 3.8) is 0 Å². The maximum atomic E-state index is 14.4. The third-order valence-electron chi connectivity index (χ3n) is 15.3. The van der Waals surface area contributed by atoms with Crippen LogP contribution < -0.4 is 0 Å². The highest BCUT2D eigenvalue weighted by atomic mass is 16.7. The lowest BCUT2D eigenvalue weighted by atomic mass is 9.33. The monoisotopic (exact) mass is 650 g/mol. The van der Waals surface area contributed by atoms with Crippen molar-refractivity contribution in [2.75, 3.05) is 6.61 Å². The molecule has 264 valence electrons. The molecule has 4 saturated carbocycles. The summed E-state index contributed by atoms with van der Waals surface area (Å²) < 4.78 is 11.5. The lowest BCUT2D eigenvalue weighted by Gasteiger charge is -2.71. The van der Waals surface area contributed by atoms with E-state index >= 15 is 0 Å². The normalized spacial score (nSPS) is 52.4. The molecule has 0 bridgehead atoms. The molecule has 1 heterocycles. The summed E-state index contributed by atoms with van der Waals surface area (Å²) in [5.74, 6) is -0.224. The quantitative estimate of drug-likeness (QED) is 0.196. The van der Waals surface area contributed by atoms with Crippen molar-refractivity contribution >= 4 is 5.97 Å². The van der Waals surface area contributed by atoms with Gasteiger partial charge in [-0.15, -0.1) is 0 Å². The van der Waals surface area contributed by atoms with Crippen molar-refractivity contribution < 1.29 is 44.9 Å². The zero-order valence-electron chi connectivity index (χ0n) is 28.3. The second-order valence-corrected chi connectivity index (χ2v) is 17.8. The minimum Gasteiger partial charge on any atom is -0.432 e. The largest absolute Gasteiger partial charge is 0.432 e. The average molecular weight is 651 g/mol. The molecule has 0 spiro atoms. The van der Waals surface area contributed by atoms with E-state index in [1.165, 1.54) is 0 Å². The second kappa shape index (κ2) is 11.5. The Morgan fingerprint density at radius 3 is 2.15 bits per heavy atom. The first-order chi connectivity index (χ1) is 20.8. The minimum atomic E-state index is -1.68. The second-order valence-electron chi connectivity index (χ2n) is 17.8. The predicted molar refractivity (Wildman–Crippen MR) is 173 cm³/mol. The molecule has 0 unspecified atom stereocenters. The number of aliphatic hydroxyl groups excluding tert-OH is 6. The van der Waals surface area contributed by atoms with E-state index in [2.05, 4.69) is 54.5 Å². The number of hydrogen-bond donors (Lipinski definition) is 6. The van der Waals surface area contributed by atoms with Crippen molar-refractivity contribution in [3.05, 3.63) is 11.6 Å². The number of rotatable bonds is 3. The Morgan fingerprint density at radius 1 is 0.848 bits per heavy atom. The van der Waals surface area contributed by atoms with Gasteiger partial charge >= 0.3 is 5.97 Å². The lowest BCUT2D eigenvalue weighted by molar-refractivity contribution is -0.298. The van der Waals surface area contributed by atoms with Gasteiger partial charge in [-0.25, -0.2) is 0 Å². The van der Waals surface area contributed by atoms with Crippen LogP contribution in [0.4, 0.5) is 0 Å². The number of aliphatic hydroxyl groups is 6. The van der Waals surface area contributed by atoms with Gasteiger partial charge in [0.25, 0.3) is 0 Å². The molecular formula is C37H62O9. The van der Waals surface area contributed by atoms with E-state index in [0.29, 0.717) is 31.1 Å². The van der Waals surface area contributed by atoms with Crippen LogP contribution in [-0.4, -0.2) is 86.1 Å². The molecule has 0 aromatic carbocycles. The molecule has 9 heteroatoms. The summed E-state index contributed by atoms with van der Waals surface area (Å²) in [7, 11) is 0. The van der Waals surface area contributed by atoms with Crippen LogP contribution >= 0.6 is 0 Å². The number of fused-ring (bicyclic) bond motifs is 7. The van der Waals surface area contributed by atoms with E-state index < -0.39 is 66.1 Å². The van der Waals surface area contributed by atoms with Crippen LogP contribution in [0.5, 0.6) is 0 Å². The topological polar surface area (TPSA) is 157 Å². The van der Waals surface area contributed by atoms with Gasteiger partial charge in [-0.3, -0.25) is 4.79 Å². The Balaban J connectivity index is 0.00000417. The molecule has 1 saturated heterocycles. The van der Waals surface area contributed by atoms with Crippen molar-refractivity contribution in [2.24, 2.45) is 50.2 Å². The molecule has 5 aliphatic carbocycles. The van der Waals surface area contributed by atoms with Gasteiger partial charge in [0.2, 0.25) is 6.29 Å². The summed E-state index contributed by atoms with van der Waals surface area (Å²) in [5.41, 5.74) is -0.718. The summed E-state index contributed by atoms with van der Waals surface area (Å²) in [5, 5.41) is 64.2. The SMILES string of the molecule is C.CC1(C)CC[C@@]2(C(=O)O[C@H]3O[C@@H](CO)[C@H](O)[C@@H](O)[C@@H]3O)CC[C@@]3(C)C(=CC[C@H]4[C@]5(C)CC[C@@H](O)C(C)(C)[C@H]5CC[C@@]43C)[C@H]2[C@H]1O. The Hall–Kier alpha value is -1.07. The van der Waals surface area contributed by atoms with Crippen LogP contribution in [0.1, 0.15) is 114 Å². The fourth-order valence-electron chi connectivity index (χ4n) is 12.0. The van der Waals surface area contributed by atoms with Gasteiger partial charge in [-0.05, 0) is 96.7 Å². The van der Waals surface area contributed by atoms with E-state index in [1.54, 1.807) is 0 Å². The first-order valence-corrected chi connectivity index (χ1v) is 17.4. The number of esters is 1. The first kappa shape index (κ1) is 36.2. The van der Waals surface area contributed by atoms with E-state index in [1.807, 2.05) is 0 Å². The van der Waals surface area contributed by atoms with Gasteiger partial charge in [0.15, 0.2) is 0 Å². The Kier molecular flexibility index (Phi) is 9.05. The molecule has 14 atom stereocenters. The van der Waals surface area contributed by atoms with E-state index in [9.17, 15) is 35.4 Å². The molecule has 6 N–H and O–H groups in total. The Bertz CT molecular complexity index is 1210. The maximum Gasteiger partial charge on any atom is 0.315 e. The summed E-state index contributed by atoms with van der Waals surface area (Å²) >= 11 is 0. The fourth-order valence-corrected chi connectivity index (χ4v) is 12.0. The van der Waals surface area contributed by atoms with Crippen LogP contribution in [0, 0.1) is 50.2 Å². The summed E-state index contributed by atoms with van der Waals surface area (Å²) in [6.45, 7) is 15.3. The predicted octanol–water partition coefficient (Wildman–Crippen LogP) is 4.10. The molecule has 0 aromatic heterocycles. The van der Waals surface area contributed by atoms with E-state index in [4.69, 9.17) is 9.47 Å². The van der Waals surface area contributed by atoms with Crippen molar-refractivity contribution in [1.82, 2.24) is 0 Å². The summed E-state index contributed by atoms with van der Waals surface area (Å²) in [6, 6.07) is 0. The zero-order chi connectivity index (χ0) is 33.1. The molecule has 9 nitrogen and oxygen atoms in total. The molecule has 0 aromatic rings. The third kappa shape index (κ3) is 4.68. The molecule has 6 aliphatic rings. The van der Waals surface area contributed by atoms with Gasteiger partial charge in [-0.1, -0.05) is 67.5 Å². The van der Waals surface area contributed by atoms with Crippen LogP contribution in [0.2, 0.25) is 0 Å². The van der Waals surface area contributed by atoms with Crippen LogP contribution in [0.25, 0.3) is 0 Å². The van der Waals surface area contributed by atoms with Gasteiger partial charge in [-0.2, -0.15) is 0 Å². The molecule has 1 aliphatic heterocycles. The smallest absolute Gasteiger partial charge is 0.315 e. The molecular weight excluding hydrogens is 588 g/mol. The van der Waals surface area contributed by atoms with Gasteiger partial charge < -0.3 is 40.1 Å². The van der Waals surface area contributed by atoms with Crippen LogP contribution in [-0.2, 0) is 14.3 Å². The number of carbonyl (C=O) groups excluding carboxylic acids is 1. The minimum absolute atomic E-state index is 0. The average Bonchev–Trinajstić information content (AvgIpc) is 2.97. The highest BCUT2D eigenvalue weighted by Crippen LogP contribution is 2.75. The molecule has 0 amide bonds. The Labute approximate surface area is 275 Å². The van der Waals surface area contributed by atoms with Gasteiger partial charge in [0, 0.05) is 5.92 Å². The van der Waals surface area contributed by atoms with Crippen molar-refractivity contribution in [3.8, 4) is 0 Å². The zero-order valence-corrected chi connectivity index (χ0v) is 28.3. The first-order valence-electron chi connectivity index (χ1n) is 17.4. The van der Waals surface area contributed by atoms with Crippen LogP contribution in [0.3, 0.4) is 0 Å². The standard InChI is InChI=1S/C36H58O9.CH4/c1-31(2)14-16-36(30(43)45-29-27(41)26(40)25(39)20(18-37)44-29)17-15-34(6)19(24(36)28(31)42)8-9-22-33(5)12-11-23(38)32(3,4)21(33)10-13-35(22,34)7;/h8,20-29,37-42H,9-18H2,1-7H3;1H4/t20-,21+,22-,23+,24-,25-,26+,27-,28+,29+,33+,34-,35-,36+;/m0./s1. The van der Waals surface area contributed by atoms with Gasteiger partial charge in [0.05, 0.1) is 24.2 Å². The van der Waals surface area contributed by atoms with Crippen molar-refractivity contribution in [1.29, 1.82) is 0 Å². The lowest BCUT2D eigenvalue weighted by Crippen LogP contribution is -2.67. The molecule has 0 radical (unpaired) electrons. The number of ether oxygens (including phenoxy) is 2. The maximum absolute atomic E-state index is 14.4. The summed E-state index contributed by atoms with van der Waals surface area (Å²) in [4.78, 5) is 14.4. The van der Waals surface area contributed by atoms with Gasteiger partial charge in [0.1, 0.15) is 24.4 Å². The summed E-state index contributed by atoms with van der Waals surface area (Å²) in [6.07, 6.45) is 0.793.